The van der Waals surface area contributed by atoms with E-state index in [1.807, 2.05) is 0 Å². The first-order valence-electron chi connectivity index (χ1n) is 10.2. The summed E-state index contributed by atoms with van der Waals surface area (Å²) in [6, 6.07) is 13.7. The zero-order valence-corrected chi connectivity index (χ0v) is 20.1. The van der Waals surface area contributed by atoms with Gasteiger partial charge in [0.05, 0.1) is 17.9 Å². The molecule has 1 heterocycles. The fraction of sp³-hybridized carbons (Fsp3) is 0.174. The predicted molar refractivity (Wildman–Crippen MR) is 135 cm³/mol. The van der Waals surface area contributed by atoms with Gasteiger partial charge in [0.15, 0.2) is 4.34 Å². The molecule has 176 valence electrons. The molecule has 34 heavy (non-hydrogen) atoms. The zero-order valence-electron chi connectivity index (χ0n) is 18.5. The van der Waals surface area contributed by atoms with E-state index in [-0.39, 0.29) is 35.8 Å². The quantitative estimate of drug-likeness (QED) is 0.331. The number of nitrogens with zero attached hydrogens (tertiary/aromatic N) is 1. The van der Waals surface area contributed by atoms with Gasteiger partial charge in [0.2, 0.25) is 23.6 Å². The van der Waals surface area contributed by atoms with Crippen LogP contribution in [-0.4, -0.2) is 34.4 Å². The monoisotopic (exact) mass is 497 g/mol. The third-order valence-electron chi connectivity index (χ3n) is 4.15. The highest BCUT2D eigenvalue weighted by Gasteiger charge is 2.11. The molecule has 0 aliphatic carbocycles. The third-order valence-corrected chi connectivity index (χ3v) is 6.22. The highest BCUT2D eigenvalue weighted by molar-refractivity contribution is 8.01. The Morgan fingerprint density at radius 3 is 2.00 bits per heavy atom. The summed E-state index contributed by atoms with van der Waals surface area (Å²) in [6.45, 7) is 2.84. The molecule has 0 radical (unpaired) electrons. The number of amides is 4. The summed E-state index contributed by atoms with van der Waals surface area (Å²) >= 11 is 2.65. The molecule has 0 atom stereocenters. The van der Waals surface area contributed by atoms with Crippen LogP contribution in [0.4, 0.5) is 22.7 Å². The summed E-state index contributed by atoms with van der Waals surface area (Å²) in [7, 11) is 0. The lowest BCUT2D eigenvalue weighted by atomic mass is 10.2. The number of anilines is 4. The average Bonchev–Trinajstić information content (AvgIpc) is 3.20. The van der Waals surface area contributed by atoms with Crippen LogP contribution in [0.1, 0.15) is 19.5 Å². The van der Waals surface area contributed by atoms with E-state index < -0.39 is 0 Å². The molecule has 0 aliphatic rings. The normalized spacial score (nSPS) is 10.3. The standard InChI is InChI=1S/C23H23N5O4S2/c1-14(29)24-16-6-8-17(9-7-16)26-21(31)11-20-12-33-23(28-20)34-13-22(32)27-19-5-3-4-18(10-19)25-15(2)30/h3-10,12H,11,13H2,1-2H3,(H,24,29)(H,25,30)(H,26,31)(H,27,32). The molecule has 0 fully saturated rings. The molecule has 3 rings (SSSR count). The molecule has 0 spiro atoms. The van der Waals surface area contributed by atoms with Gasteiger partial charge in [-0.1, -0.05) is 17.8 Å². The molecule has 4 N–H and O–H groups in total. The van der Waals surface area contributed by atoms with Gasteiger partial charge in [0.1, 0.15) is 0 Å². The van der Waals surface area contributed by atoms with E-state index in [9.17, 15) is 19.2 Å². The topological polar surface area (TPSA) is 129 Å². The van der Waals surface area contributed by atoms with Crippen molar-refractivity contribution < 1.29 is 19.2 Å². The maximum absolute atomic E-state index is 12.3. The fourth-order valence-electron chi connectivity index (χ4n) is 2.85. The Morgan fingerprint density at radius 2 is 1.35 bits per heavy atom. The Morgan fingerprint density at radius 1 is 0.794 bits per heavy atom. The van der Waals surface area contributed by atoms with Crippen molar-refractivity contribution in [1.82, 2.24) is 4.98 Å². The van der Waals surface area contributed by atoms with Crippen molar-refractivity contribution in [2.45, 2.75) is 24.6 Å². The average molecular weight is 498 g/mol. The molecule has 11 heteroatoms. The minimum Gasteiger partial charge on any atom is -0.326 e. The second kappa shape index (κ2) is 12.0. The van der Waals surface area contributed by atoms with Crippen LogP contribution in [0.25, 0.3) is 0 Å². The lowest BCUT2D eigenvalue weighted by Crippen LogP contribution is -2.15. The van der Waals surface area contributed by atoms with Crippen LogP contribution < -0.4 is 21.3 Å². The number of benzene rings is 2. The van der Waals surface area contributed by atoms with Crippen LogP contribution in [0, 0.1) is 0 Å². The molecule has 0 saturated heterocycles. The van der Waals surface area contributed by atoms with Crippen molar-refractivity contribution in [3.8, 4) is 0 Å². The maximum Gasteiger partial charge on any atom is 0.234 e. The fourth-order valence-corrected chi connectivity index (χ4v) is 4.49. The predicted octanol–water partition coefficient (Wildman–Crippen LogP) is 3.97. The van der Waals surface area contributed by atoms with Gasteiger partial charge in [-0.3, -0.25) is 19.2 Å². The summed E-state index contributed by atoms with van der Waals surface area (Å²) < 4.78 is 0.685. The number of carbonyl (C=O) groups is 4. The van der Waals surface area contributed by atoms with Gasteiger partial charge >= 0.3 is 0 Å². The van der Waals surface area contributed by atoms with Gasteiger partial charge in [0.25, 0.3) is 0 Å². The second-order valence-corrected chi connectivity index (χ2v) is 9.27. The number of hydrogen-bond acceptors (Lipinski definition) is 7. The SMILES string of the molecule is CC(=O)Nc1ccc(NC(=O)Cc2csc(SCC(=O)Nc3cccc(NC(C)=O)c3)n2)cc1. The van der Waals surface area contributed by atoms with Gasteiger partial charge in [0, 0.05) is 42.0 Å². The minimum atomic E-state index is -0.217. The van der Waals surface area contributed by atoms with Crippen LogP contribution in [0.5, 0.6) is 0 Å². The van der Waals surface area contributed by atoms with Crippen LogP contribution >= 0.6 is 23.1 Å². The number of hydrogen-bond donors (Lipinski definition) is 4. The van der Waals surface area contributed by atoms with Crippen molar-refractivity contribution in [3.05, 3.63) is 59.6 Å². The Labute approximate surface area is 204 Å². The van der Waals surface area contributed by atoms with Gasteiger partial charge in [-0.15, -0.1) is 11.3 Å². The number of carbonyl (C=O) groups excluding carboxylic acids is 4. The highest BCUT2D eigenvalue weighted by Crippen LogP contribution is 2.24. The first-order chi connectivity index (χ1) is 16.3. The Bertz CT molecular complexity index is 1190. The maximum atomic E-state index is 12.3. The molecular weight excluding hydrogens is 474 g/mol. The van der Waals surface area contributed by atoms with E-state index in [1.165, 1.54) is 36.9 Å². The molecule has 4 amide bonds. The van der Waals surface area contributed by atoms with Crippen LogP contribution in [0.3, 0.4) is 0 Å². The van der Waals surface area contributed by atoms with Crippen LogP contribution in [-0.2, 0) is 25.6 Å². The van der Waals surface area contributed by atoms with Crippen LogP contribution in [0.2, 0.25) is 0 Å². The summed E-state index contributed by atoms with van der Waals surface area (Å²) in [4.78, 5) is 51.2. The van der Waals surface area contributed by atoms with Crippen LogP contribution in [0.15, 0.2) is 58.3 Å². The molecule has 0 bridgehead atoms. The Hall–Kier alpha value is -3.70. The molecule has 0 aliphatic heterocycles. The van der Waals surface area contributed by atoms with E-state index in [0.29, 0.717) is 32.8 Å². The van der Waals surface area contributed by atoms with Crippen molar-refractivity contribution in [2.75, 3.05) is 27.0 Å². The van der Waals surface area contributed by atoms with Crippen molar-refractivity contribution >= 4 is 69.5 Å². The molecular formula is C23H23N5O4S2. The first kappa shape index (κ1) is 24.9. The van der Waals surface area contributed by atoms with E-state index in [4.69, 9.17) is 0 Å². The minimum absolute atomic E-state index is 0.104. The third kappa shape index (κ3) is 8.34. The summed E-state index contributed by atoms with van der Waals surface area (Å²) in [5.41, 5.74) is 3.06. The molecule has 9 nitrogen and oxygen atoms in total. The zero-order chi connectivity index (χ0) is 24.5. The number of nitrogens with one attached hydrogen (secondary N) is 4. The van der Waals surface area contributed by atoms with E-state index in [2.05, 4.69) is 26.3 Å². The van der Waals surface area contributed by atoms with Crippen molar-refractivity contribution in [3.63, 3.8) is 0 Å². The largest absolute Gasteiger partial charge is 0.326 e. The number of aromatic nitrogens is 1. The molecule has 0 unspecified atom stereocenters. The lowest BCUT2D eigenvalue weighted by molar-refractivity contribution is -0.116. The number of rotatable bonds is 9. The van der Waals surface area contributed by atoms with Crippen molar-refractivity contribution in [1.29, 1.82) is 0 Å². The molecule has 2 aromatic carbocycles. The number of thiazole rings is 1. The summed E-state index contributed by atoms with van der Waals surface area (Å²) in [5.74, 6) is -0.618. The van der Waals surface area contributed by atoms with Gasteiger partial charge in [-0.05, 0) is 42.5 Å². The molecule has 0 saturated carbocycles. The highest BCUT2D eigenvalue weighted by atomic mass is 32.2. The molecule has 3 aromatic rings. The number of thioether (sulfide) groups is 1. The van der Waals surface area contributed by atoms with E-state index in [0.717, 1.165) is 0 Å². The molecule has 1 aromatic heterocycles. The Balaban J connectivity index is 1.45. The second-order valence-electron chi connectivity index (χ2n) is 7.19. The Kier molecular flexibility index (Phi) is 8.77. The van der Waals surface area contributed by atoms with Gasteiger partial charge in [-0.2, -0.15) is 0 Å². The lowest BCUT2D eigenvalue weighted by Gasteiger charge is -2.07. The smallest absolute Gasteiger partial charge is 0.234 e. The first-order valence-corrected chi connectivity index (χ1v) is 12.1. The summed E-state index contributed by atoms with van der Waals surface area (Å²) in [5, 5.41) is 12.7. The van der Waals surface area contributed by atoms with Gasteiger partial charge < -0.3 is 21.3 Å². The summed E-state index contributed by atoms with van der Waals surface area (Å²) in [6.07, 6.45) is 0.104. The van der Waals surface area contributed by atoms with E-state index in [1.54, 1.807) is 53.9 Å². The van der Waals surface area contributed by atoms with Crippen molar-refractivity contribution in [2.24, 2.45) is 0 Å². The van der Waals surface area contributed by atoms with E-state index >= 15 is 0 Å². The van der Waals surface area contributed by atoms with Gasteiger partial charge in [-0.25, -0.2) is 4.98 Å².